The van der Waals surface area contributed by atoms with Crippen LogP contribution < -0.4 is 0 Å². The van der Waals surface area contributed by atoms with Crippen molar-refractivity contribution in [3.05, 3.63) is 59.7 Å². The molecule has 0 heteroatoms. The molecule has 1 aliphatic rings. The number of hydrogen-bond acceptors (Lipinski definition) is 0. The Morgan fingerprint density at radius 2 is 1.06 bits per heavy atom. The van der Waals surface area contributed by atoms with Gasteiger partial charge in [-0.1, -0.05) is 133 Å². The second kappa shape index (κ2) is 13.8. The van der Waals surface area contributed by atoms with E-state index in [0.29, 0.717) is 0 Å². The van der Waals surface area contributed by atoms with E-state index in [-0.39, 0.29) is 0 Å². The summed E-state index contributed by atoms with van der Waals surface area (Å²) in [5.74, 6) is 1.71. The number of hydrogen-bond donors (Lipinski definition) is 0. The SMILES string of the molecule is CCCCCCCCCCCCc1ccc(-c2ccc(C3CCC(C)CC3)cc2)cc1. The lowest BCUT2D eigenvalue weighted by Crippen LogP contribution is -2.10. The molecule has 0 aromatic heterocycles. The molecule has 1 fully saturated rings. The molecule has 1 saturated carbocycles. The van der Waals surface area contributed by atoms with Gasteiger partial charge in [-0.3, -0.25) is 0 Å². The first kappa shape index (κ1) is 24.1. The van der Waals surface area contributed by atoms with Gasteiger partial charge in [0, 0.05) is 0 Å². The highest BCUT2D eigenvalue weighted by atomic mass is 14.2. The maximum atomic E-state index is 2.40. The Hall–Kier alpha value is -1.56. The zero-order chi connectivity index (χ0) is 21.7. The summed E-state index contributed by atoms with van der Waals surface area (Å²) < 4.78 is 0. The average Bonchev–Trinajstić information content (AvgIpc) is 2.81. The van der Waals surface area contributed by atoms with Gasteiger partial charge < -0.3 is 0 Å². The Morgan fingerprint density at radius 3 is 1.61 bits per heavy atom. The van der Waals surface area contributed by atoms with Crippen LogP contribution in [0.3, 0.4) is 0 Å². The highest BCUT2D eigenvalue weighted by Crippen LogP contribution is 2.36. The minimum Gasteiger partial charge on any atom is -0.0654 e. The maximum absolute atomic E-state index is 2.40. The highest BCUT2D eigenvalue weighted by molar-refractivity contribution is 5.64. The largest absolute Gasteiger partial charge is 0.0654 e. The summed E-state index contributed by atoms with van der Waals surface area (Å²) in [6, 6.07) is 18.8. The Morgan fingerprint density at radius 1 is 0.581 bits per heavy atom. The van der Waals surface area contributed by atoms with Crippen LogP contribution in [0.1, 0.15) is 121 Å². The molecule has 0 saturated heterocycles. The van der Waals surface area contributed by atoms with Gasteiger partial charge in [0.1, 0.15) is 0 Å². The molecule has 0 heterocycles. The molecule has 0 atom stereocenters. The lowest BCUT2D eigenvalue weighted by atomic mass is 9.79. The number of rotatable bonds is 13. The molecular formula is C31H46. The minimum absolute atomic E-state index is 0.786. The van der Waals surface area contributed by atoms with E-state index in [1.165, 1.54) is 113 Å². The van der Waals surface area contributed by atoms with Gasteiger partial charge >= 0.3 is 0 Å². The van der Waals surface area contributed by atoms with Crippen LogP contribution in [-0.4, -0.2) is 0 Å². The van der Waals surface area contributed by atoms with Crippen molar-refractivity contribution in [2.24, 2.45) is 5.92 Å². The smallest absolute Gasteiger partial charge is 0.0162 e. The summed E-state index contributed by atoms with van der Waals surface area (Å²) >= 11 is 0. The third-order valence-electron chi connectivity index (χ3n) is 7.50. The van der Waals surface area contributed by atoms with Crippen LogP contribution in [-0.2, 0) is 6.42 Å². The topological polar surface area (TPSA) is 0 Å². The van der Waals surface area contributed by atoms with Crippen molar-refractivity contribution >= 4 is 0 Å². The molecule has 2 aromatic rings. The van der Waals surface area contributed by atoms with E-state index in [0.717, 1.165) is 11.8 Å². The molecule has 2 aromatic carbocycles. The molecule has 0 N–H and O–H groups in total. The standard InChI is InChI=1S/C31H46/c1-3-4-5-6-7-8-9-10-11-12-13-27-16-20-29(21-17-27)31-24-22-30(23-25-31)28-18-14-26(2)15-19-28/h16-17,20-26,28H,3-15,18-19H2,1-2H3. The van der Waals surface area contributed by atoms with Crippen LogP contribution in [0, 0.1) is 5.92 Å². The van der Waals surface area contributed by atoms with Crippen molar-refractivity contribution < 1.29 is 0 Å². The van der Waals surface area contributed by atoms with Crippen molar-refractivity contribution in [2.75, 3.05) is 0 Å². The fraction of sp³-hybridized carbons (Fsp3) is 0.613. The van der Waals surface area contributed by atoms with Crippen molar-refractivity contribution in [1.82, 2.24) is 0 Å². The fourth-order valence-corrected chi connectivity index (χ4v) is 5.22. The molecule has 0 bridgehead atoms. The molecule has 0 unspecified atom stereocenters. The van der Waals surface area contributed by atoms with Gasteiger partial charge in [-0.25, -0.2) is 0 Å². The molecule has 1 aliphatic carbocycles. The van der Waals surface area contributed by atoms with E-state index >= 15 is 0 Å². The predicted molar refractivity (Wildman–Crippen MR) is 138 cm³/mol. The molecule has 31 heavy (non-hydrogen) atoms. The normalized spacial score (nSPS) is 18.9. The molecule has 0 radical (unpaired) electrons. The van der Waals surface area contributed by atoms with E-state index in [2.05, 4.69) is 62.4 Å². The fourth-order valence-electron chi connectivity index (χ4n) is 5.22. The van der Waals surface area contributed by atoms with Crippen molar-refractivity contribution in [3.63, 3.8) is 0 Å². The van der Waals surface area contributed by atoms with Gasteiger partial charge in [-0.2, -0.15) is 0 Å². The van der Waals surface area contributed by atoms with Gasteiger partial charge in [0.05, 0.1) is 0 Å². The van der Waals surface area contributed by atoms with Gasteiger partial charge in [-0.05, 0) is 59.8 Å². The number of unbranched alkanes of at least 4 members (excludes halogenated alkanes) is 9. The lowest BCUT2D eigenvalue weighted by Gasteiger charge is -2.26. The lowest BCUT2D eigenvalue weighted by molar-refractivity contribution is 0.348. The Balaban J connectivity index is 1.34. The Bertz CT molecular complexity index is 701. The summed E-state index contributed by atoms with van der Waals surface area (Å²) in [5.41, 5.74) is 5.76. The van der Waals surface area contributed by atoms with Crippen molar-refractivity contribution in [3.8, 4) is 11.1 Å². The van der Waals surface area contributed by atoms with Gasteiger partial charge in [0.25, 0.3) is 0 Å². The molecule has 3 rings (SSSR count). The first-order valence-electron chi connectivity index (χ1n) is 13.5. The monoisotopic (exact) mass is 418 g/mol. The van der Waals surface area contributed by atoms with Crippen LogP contribution in [0.2, 0.25) is 0 Å². The van der Waals surface area contributed by atoms with E-state index in [4.69, 9.17) is 0 Å². The number of aryl methyl sites for hydroxylation is 1. The molecule has 170 valence electrons. The van der Waals surface area contributed by atoms with Gasteiger partial charge in [-0.15, -0.1) is 0 Å². The first-order valence-corrected chi connectivity index (χ1v) is 13.5. The van der Waals surface area contributed by atoms with Crippen LogP contribution in [0.4, 0.5) is 0 Å². The Kier molecular flexibility index (Phi) is 10.7. The van der Waals surface area contributed by atoms with E-state index in [1.807, 2.05) is 0 Å². The van der Waals surface area contributed by atoms with Crippen LogP contribution in [0.15, 0.2) is 48.5 Å². The maximum Gasteiger partial charge on any atom is -0.0162 e. The van der Waals surface area contributed by atoms with Crippen LogP contribution >= 0.6 is 0 Å². The van der Waals surface area contributed by atoms with Gasteiger partial charge in [0.15, 0.2) is 0 Å². The molecule has 0 spiro atoms. The van der Waals surface area contributed by atoms with Crippen LogP contribution in [0.25, 0.3) is 11.1 Å². The zero-order valence-electron chi connectivity index (χ0n) is 20.4. The third-order valence-corrected chi connectivity index (χ3v) is 7.50. The summed E-state index contributed by atoms with van der Waals surface area (Å²) in [6.45, 7) is 4.70. The highest BCUT2D eigenvalue weighted by Gasteiger charge is 2.19. The minimum atomic E-state index is 0.786. The molecule has 0 aliphatic heterocycles. The second-order valence-corrected chi connectivity index (χ2v) is 10.2. The van der Waals surface area contributed by atoms with E-state index in [1.54, 1.807) is 5.56 Å². The Labute approximate surface area is 192 Å². The summed E-state index contributed by atoms with van der Waals surface area (Å²) in [4.78, 5) is 0. The predicted octanol–water partition coefficient (Wildman–Crippen LogP) is 10.1. The second-order valence-electron chi connectivity index (χ2n) is 10.2. The zero-order valence-corrected chi connectivity index (χ0v) is 20.4. The van der Waals surface area contributed by atoms with Gasteiger partial charge in [0.2, 0.25) is 0 Å². The molecule has 0 nitrogen and oxygen atoms in total. The van der Waals surface area contributed by atoms with Crippen LogP contribution in [0.5, 0.6) is 0 Å². The molecular weight excluding hydrogens is 372 g/mol. The summed E-state index contributed by atoms with van der Waals surface area (Å²) in [7, 11) is 0. The molecule has 0 amide bonds. The third kappa shape index (κ3) is 8.47. The van der Waals surface area contributed by atoms with Crippen molar-refractivity contribution in [2.45, 2.75) is 116 Å². The summed E-state index contributed by atoms with van der Waals surface area (Å²) in [5, 5.41) is 0. The summed E-state index contributed by atoms with van der Waals surface area (Å²) in [6.07, 6.45) is 20.9. The van der Waals surface area contributed by atoms with E-state index < -0.39 is 0 Å². The first-order chi connectivity index (χ1) is 15.3. The average molecular weight is 419 g/mol. The van der Waals surface area contributed by atoms with E-state index in [9.17, 15) is 0 Å². The van der Waals surface area contributed by atoms with Crippen molar-refractivity contribution in [1.29, 1.82) is 0 Å². The number of benzene rings is 2. The quantitative estimate of drug-likeness (QED) is 0.284.